The smallest absolute Gasteiger partial charge is 0.191 e. The van der Waals surface area contributed by atoms with Crippen molar-refractivity contribution in [3.63, 3.8) is 0 Å². The molecule has 0 aliphatic carbocycles. The van der Waals surface area contributed by atoms with Crippen molar-refractivity contribution in [3.05, 3.63) is 12.2 Å². The highest BCUT2D eigenvalue weighted by Gasteiger charge is 2.37. The van der Waals surface area contributed by atoms with Gasteiger partial charge in [-0.05, 0) is 43.3 Å². The molecule has 0 bridgehead atoms. The molecule has 124 valence electrons. The second-order valence-corrected chi connectivity index (χ2v) is 13.5. The summed E-state index contributed by atoms with van der Waals surface area (Å²) in [6.45, 7) is 14.6. The van der Waals surface area contributed by atoms with Gasteiger partial charge < -0.3 is 9.16 Å². The van der Waals surface area contributed by atoms with Crippen LogP contribution in [-0.2, 0) is 9.16 Å². The minimum atomic E-state index is -1.62. The van der Waals surface area contributed by atoms with E-state index in [9.17, 15) is 0 Å². The monoisotopic (exact) mass is 424 g/mol. The van der Waals surface area contributed by atoms with E-state index in [-0.39, 0.29) is 11.1 Å². The molecule has 1 heterocycles. The van der Waals surface area contributed by atoms with Gasteiger partial charge in [0.05, 0.1) is 12.2 Å². The fourth-order valence-electron chi connectivity index (χ4n) is 2.20. The maximum atomic E-state index is 6.26. The molecule has 3 atom stereocenters. The van der Waals surface area contributed by atoms with Gasteiger partial charge in [0.25, 0.3) is 0 Å². The Morgan fingerprint density at radius 1 is 1.38 bits per heavy atom. The summed E-state index contributed by atoms with van der Waals surface area (Å²) < 4.78 is 13.7. The zero-order valence-corrected chi connectivity index (χ0v) is 17.8. The topological polar surface area (TPSA) is 18.5 Å². The molecule has 0 aromatic rings. The lowest BCUT2D eigenvalue weighted by Gasteiger charge is -2.36. The molecule has 0 unspecified atom stereocenters. The number of rotatable bonds is 7. The molecule has 4 heteroatoms. The molecule has 1 aliphatic rings. The quantitative estimate of drug-likeness (QED) is 0.230. The lowest BCUT2D eigenvalue weighted by Crippen LogP contribution is -2.41. The van der Waals surface area contributed by atoms with Crippen LogP contribution < -0.4 is 0 Å². The van der Waals surface area contributed by atoms with Crippen LogP contribution in [0.4, 0.5) is 0 Å². The van der Waals surface area contributed by atoms with E-state index in [0.717, 1.165) is 25.4 Å². The standard InChI is InChI=1S/C17H33IO2Si/c1-14(13-18)12-16-9-7-8-15(20-16)10-11-19-21(5,6)17(2,3)4/h7-8,14-16H,9-13H2,1-6H3/t14-,15+,16+/m1/s1. The summed E-state index contributed by atoms with van der Waals surface area (Å²) >= 11 is 2.46. The third-order valence-electron chi connectivity index (χ3n) is 4.72. The Hall–Kier alpha value is 0.607. The summed E-state index contributed by atoms with van der Waals surface area (Å²) in [5, 5.41) is 0.286. The third-order valence-corrected chi connectivity index (χ3v) is 10.8. The Labute approximate surface area is 146 Å². The number of alkyl halides is 1. The van der Waals surface area contributed by atoms with Gasteiger partial charge in [0.15, 0.2) is 8.32 Å². The van der Waals surface area contributed by atoms with Crippen molar-refractivity contribution in [1.82, 2.24) is 0 Å². The van der Waals surface area contributed by atoms with Crippen molar-refractivity contribution in [2.45, 2.75) is 77.3 Å². The lowest BCUT2D eigenvalue weighted by molar-refractivity contribution is -0.0133. The summed E-state index contributed by atoms with van der Waals surface area (Å²) in [7, 11) is -1.62. The molecule has 0 fully saturated rings. The third kappa shape index (κ3) is 6.71. The summed E-state index contributed by atoms with van der Waals surface area (Å²) in [6.07, 6.45) is 8.39. The first-order valence-corrected chi connectivity index (χ1v) is 12.6. The maximum absolute atomic E-state index is 6.26. The van der Waals surface area contributed by atoms with E-state index in [1.807, 2.05) is 0 Å². The average molecular weight is 424 g/mol. The highest BCUT2D eigenvalue weighted by atomic mass is 127. The van der Waals surface area contributed by atoms with Gasteiger partial charge in [-0.2, -0.15) is 0 Å². The van der Waals surface area contributed by atoms with Crippen LogP contribution in [0.1, 0.15) is 47.0 Å². The van der Waals surface area contributed by atoms with Crippen LogP contribution in [0, 0.1) is 5.92 Å². The van der Waals surface area contributed by atoms with Crippen LogP contribution in [0.3, 0.4) is 0 Å². The van der Waals surface area contributed by atoms with Crippen LogP contribution >= 0.6 is 22.6 Å². The van der Waals surface area contributed by atoms with E-state index in [0.29, 0.717) is 6.10 Å². The second-order valence-electron chi connectivity index (χ2n) is 7.85. The van der Waals surface area contributed by atoms with Gasteiger partial charge in [-0.3, -0.25) is 0 Å². The van der Waals surface area contributed by atoms with Crippen LogP contribution in [0.5, 0.6) is 0 Å². The van der Waals surface area contributed by atoms with Crippen LogP contribution in [0.15, 0.2) is 12.2 Å². The second kappa shape index (κ2) is 8.46. The van der Waals surface area contributed by atoms with E-state index in [2.05, 4.69) is 75.5 Å². The van der Waals surface area contributed by atoms with E-state index in [1.165, 1.54) is 10.8 Å². The predicted molar refractivity (Wildman–Crippen MR) is 103 cm³/mol. The van der Waals surface area contributed by atoms with Crippen molar-refractivity contribution < 1.29 is 9.16 Å². The Kier molecular flexibility index (Phi) is 7.91. The molecule has 0 aromatic carbocycles. The molecule has 0 aromatic heterocycles. The van der Waals surface area contributed by atoms with Crippen molar-refractivity contribution in [2.24, 2.45) is 5.92 Å². The number of halogens is 1. The van der Waals surface area contributed by atoms with Gasteiger partial charge in [-0.1, -0.05) is 62.4 Å². The minimum absolute atomic E-state index is 0.245. The SMILES string of the molecule is C[C@@H](CI)C[C@@H]1CC=C[C@@H](CCO[Si](C)(C)C(C)(C)C)O1. The van der Waals surface area contributed by atoms with E-state index in [4.69, 9.17) is 9.16 Å². The van der Waals surface area contributed by atoms with E-state index in [1.54, 1.807) is 0 Å². The highest BCUT2D eigenvalue weighted by Crippen LogP contribution is 2.36. The van der Waals surface area contributed by atoms with Crippen molar-refractivity contribution in [2.75, 3.05) is 11.0 Å². The van der Waals surface area contributed by atoms with Crippen molar-refractivity contribution in [3.8, 4) is 0 Å². The number of ether oxygens (including phenoxy) is 1. The van der Waals surface area contributed by atoms with Crippen LogP contribution in [0.2, 0.25) is 18.1 Å². The normalized spacial score (nSPS) is 25.1. The fraction of sp³-hybridized carbons (Fsp3) is 0.882. The summed E-state index contributed by atoms with van der Waals surface area (Å²) in [4.78, 5) is 0. The summed E-state index contributed by atoms with van der Waals surface area (Å²) in [5.74, 6) is 0.742. The molecule has 2 nitrogen and oxygen atoms in total. The molecule has 0 spiro atoms. The Morgan fingerprint density at radius 3 is 2.62 bits per heavy atom. The van der Waals surface area contributed by atoms with Gasteiger partial charge in [0, 0.05) is 11.0 Å². The molecule has 0 saturated heterocycles. The molecule has 0 radical (unpaired) electrons. The van der Waals surface area contributed by atoms with Gasteiger partial charge in [-0.25, -0.2) is 0 Å². The average Bonchev–Trinajstić information content (AvgIpc) is 2.37. The first-order valence-electron chi connectivity index (χ1n) is 8.17. The summed E-state index contributed by atoms with van der Waals surface area (Å²) in [6, 6.07) is 0. The Morgan fingerprint density at radius 2 is 2.05 bits per heavy atom. The van der Waals surface area contributed by atoms with Gasteiger partial charge >= 0.3 is 0 Å². The van der Waals surface area contributed by atoms with Crippen molar-refractivity contribution >= 4 is 30.9 Å². The van der Waals surface area contributed by atoms with Crippen LogP contribution in [0.25, 0.3) is 0 Å². The zero-order chi connectivity index (χ0) is 16.1. The first kappa shape index (κ1) is 19.7. The van der Waals surface area contributed by atoms with Gasteiger partial charge in [-0.15, -0.1) is 0 Å². The first-order chi connectivity index (χ1) is 9.65. The fourth-order valence-corrected chi connectivity index (χ4v) is 3.63. The Bertz CT molecular complexity index is 336. The lowest BCUT2D eigenvalue weighted by atomic mass is 10.0. The van der Waals surface area contributed by atoms with Crippen LogP contribution in [-0.4, -0.2) is 31.6 Å². The number of hydrogen-bond donors (Lipinski definition) is 0. The predicted octanol–water partition coefficient (Wildman–Crippen LogP) is 5.57. The molecule has 0 N–H and O–H groups in total. The molecule has 1 rings (SSSR count). The zero-order valence-electron chi connectivity index (χ0n) is 14.6. The number of hydrogen-bond acceptors (Lipinski definition) is 2. The van der Waals surface area contributed by atoms with Gasteiger partial charge in [0.2, 0.25) is 0 Å². The van der Waals surface area contributed by atoms with E-state index < -0.39 is 8.32 Å². The van der Waals surface area contributed by atoms with Gasteiger partial charge in [0.1, 0.15) is 0 Å². The summed E-state index contributed by atoms with van der Waals surface area (Å²) in [5.41, 5.74) is 0. The molecule has 0 amide bonds. The highest BCUT2D eigenvalue weighted by molar-refractivity contribution is 14.1. The largest absolute Gasteiger partial charge is 0.417 e. The maximum Gasteiger partial charge on any atom is 0.191 e. The molecule has 21 heavy (non-hydrogen) atoms. The van der Waals surface area contributed by atoms with Crippen molar-refractivity contribution in [1.29, 1.82) is 0 Å². The Balaban J connectivity index is 2.36. The van der Waals surface area contributed by atoms with E-state index >= 15 is 0 Å². The minimum Gasteiger partial charge on any atom is -0.417 e. The molecular formula is C17H33IO2Si. The molecule has 0 saturated carbocycles. The molecular weight excluding hydrogens is 391 g/mol. The molecule has 1 aliphatic heterocycles.